The van der Waals surface area contributed by atoms with Crippen molar-refractivity contribution in [3.8, 4) is 0 Å². The van der Waals surface area contributed by atoms with Crippen LogP contribution in [0.5, 0.6) is 0 Å². The fourth-order valence-corrected chi connectivity index (χ4v) is 3.41. The highest BCUT2D eigenvalue weighted by Gasteiger charge is 2.13. The highest BCUT2D eigenvalue weighted by Crippen LogP contribution is 2.15. The predicted molar refractivity (Wildman–Crippen MR) is 122 cm³/mol. The maximum atomic E-state index is 13.2. The fourth-order valence-electron chi connectivity index (χ4n) is 3.41. The molecule has 0 radical (unpaired) electrons. The number of aromatic nitrogens is 4. The SMILES string of the molecule is O=c1c2ccccc2nc2nc(NCc3ccccc3)nc(NCc3ccccc3)n12. The van der Waals surface area contributed by atoms with Crippen molar-refractivity contribution in [2.24, 2.45) is 0 Å². The third kappa shape index (κ3) is 3.93. The third-order valence-electron chi connectivity index (χ3n) is 4.97. The molecule has 7 heteroatoms. The van der Waals surface area contributed by atoms with Gasteiger partial charge in [0, 0.05) is 13.1 Å². The van der Waals surface area contributed by atoms with Crippen LogP contribution in [-0.4, -0.2) is 19.4 Å². The second-order valence-electron chi connectivity index (χ2n) is 7.12. The monoisotopic (exact) mass is 408 g/mol. The van der Waals surface area contributed by atoms with E-state index in [1.54, 1.807) is 6.07 Å². The molecule has 31 heavy (non-hydrogen) atoms. The van der Waals surface area contributed by atoms with Crippen molar-refractivity contribution >= 4 is 28.6 Å². The Bertz CT molecular complexity index is 1400. The fraction of sp³-hybridized carbons (Fsp3) is 0.0833. The number of nitrogens with zero attached hydrogens (tertiary/aromatic N) is 4. The Balaban J connectivity index is 1.58. The molecule has 7 nitrogen and oxygen atoms in total. The summed E-state index contributed by atoms with van der Waals surface area (Å²) in [7, 11) is 0. The van der Waals surface area contributed by atoms with Crippen molar-refractivity contribution in [1.82, 2.24) is 19.4 Å². The summed E-state index contributed by atoms with van der Waals surface area (Å²) >= 11 is 0. The molecule has 3 aromatic carbocycles. The summed E-state index contributed by atoms with van der Waals surface area (Å²) in [6, 6.07) is 27.2. The smallest absolute Gasteiger partial charge is 0.269 e. The highest BCUT2D eigenvalue weighted by atomic mass is 16.1. The Labute approximate surface area is 178 Å². The van der Waals surface area contributed by atoms with E-state index in [0.717, 1.165) is 11.1 Å². The molecule has 0 saturated carbocycles. The normalized spacial score (nSPS) is 11.0. The number of hydrogen-bond donors (Lipinski definition) is 2. The van der Waals surface area contributed by atoms with Gasteiger partial charge >= 0.3 is 0 Å². The average molecular weight is 408 g/mol. The Morgan fingerprint density at radius 1 is 0.677 bits per heavy atom. The van der Waals surface area contributed by atoms with Gasteiger partial charge < -0.3 is 10.6 Å². The van der Waals surface area contributed by atoms with Gasteiger partial charge in [0.2, 0.25) is 17.7 Å². The van der Waals surface area contributed by atoms with Gasteiger partial charge in [0.25, 0.3) is 5.56 Å². The molecule has 0 unspecified atom stereocenters. The Morgan fingerprint density at radius 3 is 2.00 bits per heavy atom. The topological polar surface area (TPSA) is 84.2 Å². The van der Waals surface area contributed by atoms with Gasteiger partial charge in [-0.3, -0.25) is 4.79 Å². The Morgan fingerprint density at radius 2 is 1.29 bits per heavy atom. The van der Waals surface area contributed by atoms with Crippen LogP contribution < -0.4 is 16.2 Å². The molecule has 5 rings (SSSR count). The van der Waals surface area contributed by atoms with Crippen molar-refractivity contribution in [3.05, 3.63) is 106 Å². The van der Waals surface area contributed by atoms with Crippen molar-refractivity contribution in [2.75, 3.05) is 10.6 Å². The number of benzene rings is 3. The first-order valence-corrected chi connectivity index (χ1v) is 10.0. The number of nitrogens with one attached hydrogen (secondary N) is 2. The summed E-state index contributed by atoms with van der Waals surface area (Å²) in [6.45, 7) is 1.08. The molecule has 0 aliphatic rings. The minimum absolute atomic E-state index is 0.203. The van der Waals surface area contributed by atoms with E-state index < -0.39 is 0 Å². The lowest BCUT2D eigenvalue weighted by Crippen LogP contribution is -2.22. The summed E-state index contributed by atoms with van der Waals surface area (Å²) in [5.74, 6) is 1.10. The molecule has 2 heterocycles. The average Bonchev–Trinajstić information content (AvgIpc) is 2.82. The summed E-state index contributed by atoms with van der Waals surface area (Å²) in [5.41, 5.74) is 2.59. The first-order valence-electron chi connectivity index (χ1n) is 10.0. The number of para-hydroxylation sites is 1. The lowest BCUT2D eigenvalue weighted by Gasteiger charge is -2.13. The molecule has 0 saturated heterocycles. The van der Waals surface area contributed by atoms with Crippen LogP contribution >= 0.6 is 0 Å². The standard InChI is InChI=1S/C24H20N6O/c31-21-19-13-7-8-14-20(19)27-24-29-22(25-15-17-9-3-1-4-10-17)28-23(30(21)24)26-16-18-11-5-2-6-12-18/h1-14H,15-16H2,(H2,25,26,27,28,29). The number of fused-ring (bicyclic) bond motifs is 2. The van der Waals surface area contributed by atoms with Crippen LogP contribution in [-0.2, 0) is 13.1 Å². The van der Waals surface area contributed by atoms with Crippen LogP contribution in [0.2, 0.25) is 0 Å². The lowest BCUT2D eigenvalue weighted by molar-refractivity contribution is 0.924. The van der Waals surface area contributed by atoms with Gasteiger partial charge in [-0.25, -0.2) is 9.38 Å². The van der Waals surface area contributed by atoms with E-state index in [9.17, 15) is 4.79 Å². The molecule has 2 N–H and O–H groups in total. The lowest BCUT2D eigenvalue weighted by atomic mass is 10.2. The summed E-state index contributed by atoms with van der Waals surface area (Å²) in [6.07, 6.45) is 0. The number of rotatable bonds is 6. The molecular formula is C24H20N6O. The highest BCUT2D eigenvalue weighted by molar-refractivity contribution is 5.79. The van der Waals surface area contributed by atoms with E-state index in [1.165, 1.54) is 4.40 Å². The van der Waals surface area contributed by atoms with E-state index in [-0.39, 0.29) is 5.56 Å². The van der Waals surface area contributed by atoms with Gasteiger partial charge in [-0.05, 0) is 23.3 Å². The molecule has 0 fully saturated rings. The Kier molecular flexibility index (Phi) is 4.98. The molecule has 0 aliphatic carbocycles. The van der Waals surface area contributed by atoms with Crippen molar-refractivity contribution in [3.63, 3.8) is 0 Å². The van der Waals surface area contributed by atoms with E-state index >= 15 is 0 Å². The third-order valence-corrected chi connectivity index (χ3v) is 4.97. The Hall–Kier alpha value is -4.26. The molecular weight excluding hydrogens is 388 g/mol. The number of hydrogen-bond acceptors (Lipinski definition) is 6. The van der Waals surface area contributed by atoms with Crippen molar-refractivity contribution in [1.29, 1.82) is 0 Å². The van der Waals surface area contributed by atoms with Gasteiger partial charge in [0.1, 0.15) is 0 Å². The van der Waals surface area contributed by atoms with Crippen molar-refractivity contribution < 1.29 is 0 Å². The van der Waals surface area contributed by atoms with Gasteiger partial charge in [-0.15, -0.1) is 0 Å². The van der Waals surface area contributed by atoms with Crippen LogP contribution in [0.1, 0.15) is 11.1 Å². The number of anilines is 2. The van der Waals surface area contributed by atoms with E-state index in [1.807, 2.05) is 78.9 Å². The second kappa shape index (κ2) is 8.23. The maximum Gasteiger partial charge on any atom is 0.269 e. The first kappa shape index (κ1) is 18.7. The molecule has 0 bridgehead atoms. The van der Waals surface area contributed by atoms with Crippen LogP contribution in [0.25, 0.3) is 16.7 Å². The van der Waals surface area contributed by atoms with Gasteiger partial charge in [-0.2, -0.15) is 9.97 Å². The molecule has 0 aliphatic heterocycles. The van der Waals surface area contributed by atoms with Crippen LogP contribution in [0.15, 0.2) is 89.7 Å². The summed E-state index contributed by atoms with van der Waals surface area (Å²) in [5, 5.41) is 7.05. The first-order chi connectivity index (χ1) is 15.3. The zero-order valence-corrected chi connectivity index (χ0v) is 16.7. The quantitative estimate of drug-likeness (QED) is 0.415. The molecule has 5 aromatic rings. The zero-order chi connectivity index (χ0) is 21.0. The molecule has 2 aromatic heterocycles. The summed E-state index contributed by atoms with van der Waals surface area (Å²) < 4.78 is 1.43. The molecule has 0 spiro atoms. The molecule has 0 atom stereocenters. The van der Waals surface area contributed by atoms with Crippen molar-refractivity contribution in [2.45, 2.75) is 13.1 Å². The largest absolute Gasteiger partial charge is 0.351 e. The minimum Gasteiger partial charge on any atom is -0.351 e. The summed E-state index contributed by atoms with van der Waals surface area (Å²) in [4.78, 5) is 26.9. The van der Waals surface area contributed by atoms with Crippen LogP contribution in [0.4, 0.5) is 11.9 Å². The predicted octanol–water partition coefficient (Wildman–Crippen LogP) is 3.86. The van der Waals surface area contributed by atoms with Gasteiger partial charge in [0.15, 0.2) is 0 Å². The zero-order valence-electron chi connectivity index (χ0n) is 16.7. The molecule has 0 amide bonds. The van der Waals surface area contributed by atoms with Crippen LogP contribution in [0, 0.1) is 0 Å². The van der Waals surface area contributed by atoms with Gasteiger partial charge in [0.05, 0.1) is 10.9 Å². The minimum atomic E-state index is -0.203. The van der Waals surface area contributed by atoms with E-state index in [2.05, 4.69) is 25.6 Å². The maximum absolute atomic E-state index is 13.2. The second-order valence-corrected chi connectivity index (χ2v) is 7.12. The molecule has 152 valence electrons. The van der Waals surface area contributed by atoms with Gasteiger partial charge in [-0.1, -0.05) is 72.8 Å². The van der Waals surface area contributed by atoms with E-state index in [4.69, 9.17) is 0 Å². The van der Waals surface area contributed by atoms with Crippen LogP contribution in [0.3, 0.4) is 0 Å². The van der Waals surface area contributed by atoms with E-state index in [0.29, 0.717) is 41.7 Å².